The Labute approximate surface area is 74.6 Å². The Morgan fingerprint density at radius 3 is 3.00 bits per heavy atom. The molecule has 0 unspecified atom stereocenters. The molecule has 0 radical (unpaired) electrons. The van der Waals surface area contributed by atoms with Crippen LogP contribution in [-0.2, 0) is 0 Å². The average molecular weight is 185 g/mol. The maximum absolute atomic E-state index is 9.01. The van der Waals surface area contributed by atoms with Gasteiger partial charge in [-0.3, -0.25) is 0 Å². The molecule has 0 aromatic carbocycles. The van der Waals surface area contributed by atoms with Crippen molar-refractivity contribution in [1.29, 1.82) is 0 Å². The summed E-state index contributed by atoms with van der Waals surface area (Å²) in [6.07, 6.45) is 2.24. The van der Waals surface area contributed by atoms with Gasteiger partial charge in [0.25, 0.3) is 0 Å². The van der Waals surface area contributed by atoms with Crippen LogP contribution in [-0.4, -0.2) is 28.5 Å². The van der Waals surface area contributed by atoms with Crippen molar-refractivity contribution in [3.63, 3.8) is 0 Å². The molecule has 0 aliphatic heterocycles. The first-order valence-electron chi connectivity index (χ1n) is 3.96. The fourth-order valence-corrected chi connectivity index (χ4v) is 1.52. The van der Waals surface area contributed by atoms with Crippen LogP contribution < -0.4 is 5.32 Å². The fourth-order valence-electron chi connectivity index (χ4n) is 1.08. The van der Waals surface area contributed by atoms with E-state index in [1.807, 2.05) is 0 Å². The fraction of sp³-hybridized carbons (Fsp3) is 0.714. The quantitative estimate of drug-likeness (QED) is 0.725. The van der Waals surface area contributed by atoms with Gasteiger partial charge in [-0.05, 0) is 12.8 Å². The predicted octanol–water partition coefficient (Wildman–Crippen LogP) is 0.722. The van der Waals surface area contributed by atoms with Crippen molar-refractivity contribution in [2.24, 2.45) is 5.41 Å². The second-order valence-corrected chi connectivity index (χ2v) is 4.09. The van der Waals surface area contributed by atoms with E-state index in [1.54, 1.807) is 5.51 Å². The summed E-state index contributed by atoms with van der Waals surface area (Å²) in [5, 5.41) is 20.6. The summed E-state index contributed by atoms with van der Waals surface area (Å²) in [7, 11) is 0. The van der Waals surface area contributed by atoms with Crippen LogP contribution in [0.5, 0.6) is 0 Å². The van der Waals surface area contributed by atoms with Gasteiger partial charge in [0.1, 0.15) is 5.51 Å². The summed E-state index contributed by atoms with van der Waals surface area (Å²) in [6.45, 7) is 1.09. The number of hydrogen-bond acceptors (Lipinski definition) is 5. The number of nitrogens with zero attached hydrogens (tertiary/aromatic N) is 2. The van der Waals surface area contributed by atoms with Gasteiger partial charge < -0.3 is 10.4 Å². The lowest BCUT2D eigenvalue weighted by Crippen LogP contribution is -2.18. The number of aromatic nitrogens is 2. The van der Waals surface area contributed by atoms with E-state index in [0.29, 0.717) is 0 Å². The van der Waals surface area contributed by atoms with Gasteiger partial charge in [-0.1, -0.05) is 11.3 Å². The van der Waals surface area contributed by atoms with Crippen LogP contribution in [0, 0.1) is 5.41 Å². The van der Waals surface area contributed by atoms with Crippen LogP contribution in [0.2, 0.25) is 0 Å². The molecular weight excluding hydrogens is 174 g/mol. The van der Waals surface area contributed by atoms with Gasteiger partial charge in [0.05, 0.1) is 6.61 Å². The molecule has 2 N–H and O–H groups in total. The summed E-state index contributed by atoms with van der Waals surface area (Å²) in [4.78, 5) is 0. The lowest BCUT2D eigenvalue weighted by atomic mass is 10.1. The van der Waals surface area contributed by atoms with Gasteiger partial charge in [-0.15, -0.1) is 10.2 Å². The summed E-state index contributed by atoms with van der Waals surface area (Å²) >= 11 is 1.49. The number of nitrogens with one attached hydrogen (secondary N) is 1. The molecule has 1 aromatic rings. The highest BCUT2D eigenvalue weighted by Crippen LogP contribution is 2.44. The van der Waals surface area contributed by atoms with Crippen LogP contribution >= 0.6 is 11.3 Å². The maximum Gasteiger partial charge on any atom is 0.205 e. The van der Waals surface area contributed by atoms with E-state index < -0.39 is 0 Å². The molecule has 4 nitrogen and oxygen atoms in total. The molecule has 1 aliphatic rings. The van der Waals surface area contributed by atoms with E-state index in [0.717, 1.165) is 24.5 Å². The van der Waals surface area contributed by atoms with E-state index in [-0.39, 0.29) is 12.0 Å². The minimum atomic E-state index is 0.145. The molecule has 5 heteroatoms. The minimum Gasteiger partial charge on any atom is -0.396 e. The van der Waals surface area contributed by atoms with Crippen molar-refractivity contribution in [2.75, 3.05) is 18.5 Å². The Morgan fingerprint density at radius 1 is 1.67 bits per heavy atom. The van der Waals surface area contributed by atoms with Gasteiger partial charge in [0.15, 0.2) is 0 Å². The Hall–Kier alpha value is -0.680. The Bertz CT molecular complexity index is 245. The number of aliphatic hydroxyl groups is 1. The molecule has 0 atom stereocenters. The number of hydrogen-bond donors (Lipinski definition) is 2. The number of aliphatic hydroxyl groups excluding tert-OH is 1. The lowest BCUT2D eigenvalue weighted by molar-refractivity contribution is 0.220. The molecule has 2 rings (SSSR count). The van der Waals surface area contributed by atoms with Crippen molar-refractivity contribution in [1.82, 2.24) is 10.2 Å². The Morgan fingerprint density at radius 2 is 2.50 bits per heavy atom. The van der Waals surface area contributed by atoms with Crippen molar-refractivity contribution < 1.29 is 5.11 Å². The van der Waals surface area contributed by atoms with Crippen LogP contribution in [0.15, 0.2) is 5.51 Å². The predicted molar refractivity (Wildman–Crippen MR) is 47.2 cm³/mol. The first-order valence-corrected chi connectivity index (χ1v) is 4.84. The van der Waals surface area contributed by atoms with E-state index in [9.17, 15) is 0 Å². The maximum atomic E-state index is 9.01. The standard InChI is InChI=1S/C7H11N3OS/c11-4-7(1-2-7)3-8-6-10-9-5-12-6/h5,11H,1-4H2,(H,8,10). The number of rotatable bonds is 4. The van der Waals surface area contributed by atoms with Crippen molar-refractivity contribution >= 4 is 16.5 Å². The molecule has 0 bridgehead atoms. The van der Waals surface area contributed by atoms with Gasteiger partial charge in [0, 0.05) is 12.0 Å². The van der Waals surface area contributed by atoms with Crippen LogP contribution in [0.3, 0.4) is 0 Å². The zero-order chi connectivity index (χ0) is 8.44. The molecule has 0 spiro atoms. The monoisotopic (exact) mass is 185 g/mol. The van der Waals surface area contributed by atoms with Crippen LogP contribution in [0.25, 0.3) is 0 Å². The van der Waals surface area contributed by atoms with Crippen molar-refractivity contribution in [2.45, 2.75) is 12.8 Å². The van der Waals surface area contributed by atoms with E-state index in [1.165, 1.54) is 11.3 Å². The first-order chi connectivity index (χ1) is 5.85. The largest absolute Gasteiger partial charge is 0.396 e. The topological polar surface area (TPSA) is 58.0 Å². The highest BCUT2D eigenvalue weighted by Gasteiger charge is 2.41. The lowest BCUT2D eigenvalue weighted by Gasteiger charge is -2.10. The van der Waals surface area contributed by atoms with Crippen LogP contribution in [0.4, 0.5) is 5.13 Å². The summed E-state index contributed by atoms with van der Waals surface area (Å²) in [5.41, 5.74) is 1.84. The Kier molecular flexibility index (Phi) is 1.98. The van der Waals surface area contributed by atoms with Crippen LogP contribution in [0.1, 0.15) is 12.8 Å². The zero-order valence-electron chi connectivity index (χ0n) is 6.66. The second kappa shape index (κ2) is 2.99. The number of anilines is 1. The first kappa shape index (κ1) is 7.94. The molecule has 0 saturated heterocycles. The minimum absolute atomic E-state index is 0.145. The second-order valence-electron chi connectivity index (χ2n) is 3.26. The normalized spacial score (nSPS) is 19.1. The molecule has 1 fully saturated rings. The van der Waals surface area contributed by atoms with Crippen molar-refractivity contribution in [3.8, 4) is 0 Å². The average Bonchev–Trinajstić information content (AvgIpc) is 2.70. The molecular formula is C7H11N3OS. The summed E-state index contributed by atoms with van der Waals surface area (Å²) in [6, 6.07) is 0. The summed E-state index contributed by atoms with van der Waals surface area (Å²) in [5.74, 6) is 0. The molecule has 1 saturated carbocycles. The third kappa shape index (κ3) is 1.56. The molecule has 1 aliphatic carbocycles. The van der Waals surface area contributed by atoms with Crippen molar-refractivity contribution in [3.05, 3.63) is 5.51 Å². The van der Waals surface area contributed by atoms with Gasteiger partial charge in [0.2, 0.25) is 5.13 Å². The zero-order valence-corrected chi connectivity index (χ0v) is 7.47. The van der Waals surface area contributed by atoms with E-state index in [4.69, 9.17) is 5.11 Å². The third-order valence-electron chi connectivity index (χ3n) is 2.27. The molecule has 1 heterocycles. The van der Waals surface area contributed by atoms with Gasteiger partial charge in [-0.25, -0.2) is 0 Å². The van der Waals surface area contributed by atoms with Gasteiger partial charge >= 0.3 is 0 Å². The summed E-state index contributed by atoms with van der Waals surface area (Å²) < 4.78 is 0. The molecule has 66 valence electrons. The van der Waals surface area contributed by atoms with E-state index in [2.05, 4.69) is 15.5 Å². The third-order valence-corrected chi connectivity index (χ3v) is 2.92. The Balaban J connectivity index is 1.83. The van der Waals surface area contributed by atoms with E-state index >= 15 is 0 Å². The van der Waals surface area contributed by atoms with Gasteiger partial charge in [-0.2, -0.15) is 0 Å². The molecule has 12 heavy (non-hydrogen) atoms. The highest BCUT2D eigenvalue weighted by atomic mass is 32.1. The highest BCUT2D eigenvalue weighted by molar-refractivity contribution is 7.13. The SMILES string of the molecule is OCC1(CNc2nncs2)CC1. The molecule has 0 amide bonds. The molecule has 1 aromatic heterocycles. The smallest absolute Gasteiger partial charge is 0.205 e.